The van der Waals surface area contributed by atoms with E-state index in [1.165, 1.54) is 0 Å². The van der Waals surface area contributed by atoms with Gasteiger partial charge in [0.1, 0.15) is 0 Å². The SMILES string of the molecule is OBO.OCC(CO)(CO)CO. The monoisotopic (exact) mass is 182 g/mol. The van der Waals surface area contributed by atoms with Crippen molar-refractivity contribution in [3.8, 4) is 0 Å². The molecule has 0 rings (SSSR count). The van der Waals surface area contributed by atoms with Crippen molar-refractivity contribution < 1.29 is 30.5 Å². The highest BCUT2D eigenvalue weighted by Gasteiger charge is 2.26. The fourth-order valence-electron chi connectivity index (χ4n) is 0.300. The Morgan fingerprint density at radius 2 is 0.917 bits per heavy atom. The van der Waals surface area contributed by atoms with Crippen molar-refractivity contribution in [2.45, 2.75) is 0 Å². The van der Waals surface area contributed by atoms with Crippen molar-refractivity contribution >= 4 is 7.69 Å². The topological polar surface area (TPSA) is 121 Å². The van der Waals surface area contributed by atoms with Gasteiger partial charge in [-0.2, -0.15) is 0 Å². The molecule has 0 atom stereocenters. The molecular formula is C5H15BO6. The van der Waals surface area contributed by atoms with Gasteiger partial charge >= 0.3 is 7.69 Å². The van der Waals surface area contributed by atoms with E-state index in [1.54, 1.807) is 0 Å². The molecule has 0 radical (unpaired) electrons. The average molecular weight is 182 g/mol. The molecule has 0 aromatic carbocycles. The van der Waals surface area contributed by atoms with Crippen LogP contribution >= 0.6 is 0 Å². The van der Waals surface area contributed by atoms with Gasteiger partial charge in [-0.05, 0) is 0 Å². The fraction of sp³-hybridized carbons (Fsp3) is 1.00. The summed E-state index contributed by atoms with van der Waals surface area (Å²) < 4.78 is 0. The first kappa shape index (κ1) is 14.4. The Kier molecular flexibility index (Phi) is 10.7. The van der Waals surface area contributed by atoms with Crippen LogP contribution in [0.5, 0.6) is 0 Å². The predicted octanol–water partition coefficient (Wildman–Crippen LogP) is -3.82. The third kappa shape index (κ3) is 5.47. The van der Waals surface area contributed by atoms with E-state index in [1.807, 2.05) is 0 Å². The lowest BCUT2D eigenvalue weighted by Gasteiger charge is -2.23. The Hall–Kier alpha value is -0.175. The Morgan fingerprint density at radius 1 is 0.750 bits per heavy atom. The largest absolute Gasteiger partial charge is 0.432 e. The third-order valence-electron chi connectivity index (χ3n) is 1.34. The first-order valence-corrected chi connectivity index (χ1v) is 3.31. The average Bonchev–Trinajstić information content (AvgIpc) is 2.11. The van der Waals surface area contributed by atoms with Crippen molar-refractivity contribution in [2.75, 3.05) is 26.4 Å². The highest BCUT2D eigenvalue weighted by Crippen LogP contribution is 2.11. The van der Waals surface area contributed by atoms with Gasteiger partial charge in [-0.25, -0.2) is 0 Å². The summed E-state index contributed by atoms with van der Waals surface area (Å²) in [6, 6.07) is 0. The summed E-state index contributed by atoms with van der Waals surface area (Å²) in [6.45, 7) is -1.62. The van der Waals surface area contributed by atoms with Crippen LogP contribution in [0.2, 0.25) is 0 Å². The van der Waals surface area contributed by atoms with Gasteiger partial charge in [0.15, 0.2) is 0 Å². The summed E-state index contributed by atoms with van der Waals surface area (Å²) in [4.78, 5) is 0. The first-order chi connectivity index (χ1) is 5.66. The van der Waals surface area contributed by atoms with E-state index in [-0.39, 0.29) is 0 Å². The molecule has 0 aromatic heterocycles. The second kappa shape index (κ2) is 8.92. The molecule has 0 saturated heterocycles. The maximum absolute atomic E-state index is 8.50. The van der Waals surface area contributed by atoms with Crippen LogP contribution in [0.3, 0.4) is 0 Å². The fourth-order valence-corrected chi connectivity index (χ4v) is 0.300. The van der Waals surface area contributed by atoms with Crippen molar-refractivity contribution in [1.29, 1.82) is 0 Å². The number of hydrogen-bond donors (Lipinski definition) is 6. The number of rotatable bonds is 4. The molecular weight excluding hydrogens is 167 g/mol. The molecule has 0 amide bonds. The minimum absolute atomic E-state index is 0.406. The van der Waals surface area contributed by atoms with Crippen molar-refractivity contribution in [1.82, 2.24) is 0 Å². The molecule has 0 bridgehead atoms. The van der Waals surface area contributed by atoms with Gasteiger partial charge in [-0.15, -0.1) is 0 Å². The molecule has 0 aliphatic carbocycles. The molecule has 0 aliphatic heterocycles. The van der Waals surface area contributed by atoms with Crippen molar-refractivity contribution in [2.24, 2.45) is 5.41 Å². The highest BCUT2D eigenvalue weighted by atomic mass is 16.4. The van der Waals surface area contributed by atoms with E-state index < -0.39 is 39.5 Å². The van der Waals surface area contributed by atoms with Gasteiger partial charge in [-0.3, -0.25) is 0 Å². The molecule has 6 N–H and O–H groups in total. The third-order valence-corrected chi connectivity index (χ3v) is 1.34. The molecule has 0 aliphatic rings. The van der Waals surface area contributed by atoms with Crippen LogP contribution in [-0.2, 0) is 0 Å². The highest BCUT2D eigenvalue weighted by molar-refractivity contribution is 6.13. The smallest absolute Gasteiger partial charge is 0.430 e. The van der Waals surface area contributed by atoms with Crippen LogP contribution in [0, 0.1) is 5.41 Å². The molecule has 0 spiro atoms. The summed E-state index contributed by atoms with van der Waals surface area (Å²) in [5.74, 6) is 0. The van der Waals surface area contributed by atoms with Crippen molar-refractivity contribution in [3.63, 3.8) is 0 Å². The molecule has 0 aromatic rings. The Balaban J connectivity index is 0. The van der Waals surface area contributed by atoms with Gasteiger partial charge in [-0.1, -0.05) is 0 Å². The van der Waals surface area contributed by atoms with Gasteiger partial charge in [0, 0.05) is 0 Å². The van der Waals surface area contributed by atoms with E-state index in [9.17, 15) is 0 Å². The number of aliphatic hydroxyl groups is 4. The van der Waals surface area contributed by atoms with E-state index in [2.05, 4.69) is 0 Å². The minimum atomic E-state index is -1.11. The van der Waals surface area contributed by atoms with Gasteiger partial charge in [0.2, 0.25) is 0 Å². The van der Waals surface area contributed by atoms with Crippen LogP contribution < -0.4 is 0 Å². The minimum Gasteiger partial charge on any atom is -0.430 e. The Labute approximate surface area is 71.0 Å². The molecule has 0 saturated carbocycles. The number of aliphatic hydroxyl groups excluding tert-OH is 4. The molecule has 7 heteroatoms. The zero-order chi connectivity index (χ0) is 10.0. The standard InChI is InChI=1S/C5H12O4.BH3O2/c6-1-5(2-7,3-8)4-9;2-1-3/h6-9H,1-4H2;1-3H. The molecule has 6 nitrogen and oxygen atoms in total. The maximum atomic E-state index is 8.50. The van der Waals surface area contributed by atoms with Crippen LogP contribution in [0.15, 0.2) is 0 Å². The zero-order valence-electron chi connectivity index (χ0n) is 6.72. The van der Waals surface area contributed by atoms with E-state index >= 15 is 0 Å². The molecule has 0 unspecified atom stereocenters. The lowest BCUT2D eigenvalue weighted by molar-refractivity contribution is -0.0328. The molecule has 12 heavy (non-hydrogen) atoms. The lowest BCUT2D eigenvalue weighted by atomic mass is 9.93. The van der Waals surface area contributed by atoms with Gasteiger partial charge < -0.3 is 30.5 Å². The van der Waals surface area contributed by atoms with E-state index in [0.29, 0.717) is 0 Å². The van der Waals surface area contributed by atoms with Gasteiger partial charge in [0.25, 0.3) is 0 Å². The molecule has 74 valence electrons. The van der Waals surface area contributed by atoms with Crippen LogP contribution in [0.25, 0.3) is 0 Å². The summed E-state index contributed by atoms with van der Waals surface area (Å²) in [7, 11) is -0.750. The predicted molar refractivity (Wildman–Crippen MR) is 42.4 cm³/mol. The van der Waals surface area contributed by atoms with Crippen LogP contribution in [0.1, 0.15) is 0 Å². The van der Waals surface area contributed by atoms with E-state index in [0.717, 1.165) is 0 Å². The first-order valence-electron chi connectivity index (χ1n) is 3.31. The second-order valence-corrected chi connectivity index (χ2v) is 2.27. The Bertz CT molecular complexity index is 68.5. The Morgan fingerprint density at radius 3 is 0.917 bits per heavy atom. The summed E-state index contributed by atoms with van der Waals surface area (Å²) in [5, 5.41) is 48.2. The molecule has 0 fully saturated rings. The normalized spacial score (nSPS) is 10.2. The second-order valence-electron chi connectivity index (χ2n) is 2.27. The maximum Gasteiger partial charge on any atom is 0.432 e. The quantitative estimate of drug-likeness (QED) is 0.248. The summed E-state index contributed by atoms with van der Waals surface area (Å²) >= 11 is 0. The van der Waals surface area contributed by atoms with Gasteiger partial charge in [0.05, 0.1) is 31.8 Å². The lowest BCUT2D eigenvalue weighted by Crippen LogP contribution is -2.37. The van der Waals surface area contributed by atoms with Crippen LogP contribution in [-0.4, -0.2) is 64.6 Å². The van der Waals surface area contributed by atoms with Crippen molar-refractivity contribution in [3.05, 3.63) is 0 Å². The molecule has 0 heterocycles. The zero-order valence-corrected chi connectivity index (χ0v) is 6.72. The van der Waals surface area contributed by atoms with Crippen LogP contribution in [0.4, 0.5) is 0 Å². The number of hydrogen-bond acceptors (Lipinski definition) is 6. The summed E-state index contributed by atoms with van der Waals surface area (Å²) in [6.07, 6.45) is 0. The van der Waals surface area contributed by atoms with E-state index in [4.69, 9.17) is 30.5 Å². The summed E-state index contributed by atoms with van der Waals surface area (Å²) in [5.41, 5.74) is -1.11.